The molecular formula is C13H25NO2. The fourth-order valence-electron chi connectivity index (χ4n) is 2.79. The molecule has 3 nitrogen and oxygen atoms in total. The van der Waals surface area contributed by atoms with Crippen molar-refractivity contribution >= 4 is 5.91 Å². The Labute approximate surface area is 98.6 Å². The monoisotopic (exact) mass is 227 g/mol. The average Bonchev–Trinajstić information content (AvgIpc) is 2.62. The van der Waals surface area contributed by atoms with E-state index in [1.54, 1.807) is 6.92 Å². The molecule has 0 saturated heterocycles. The standard InChI is InChI=1S/C13H25NO2/c1-10(2)8-13(6-4-5-7-13)12(16)14-9-11(3)15/h10-11,15H,4-9H2,1-3H3,(H,14,16). The Bertz CT molecular complexity index is 230. The van der Waals surface area contributed by atoms with Crippen LogP contribution in [0.2, 0.25) is 0 Å². The molecule has 1 aliphatic rings. The van der Waals surface area contributed by atoms with Crippen molar-refractivity contribution < 1.29 is 9.90 Å². The Morgan fingerprint density at radius 2 is 1.88 bits per heavy atom. The molecule has 0 aromatic carbocycles. The summed E-state index contributed by atoms with van der Waals surface area (Å²) in [6.07, 6.45) is 4.86. The summed E-state index contributed by atoms with van der Waals surface area (Å²) in [6, 6.07) is 0. The van der Waals surface area contributed by atoms with E-state index in [1.807, 2.05) is 0 Å². The molecule has 1 amide bonds. The van der Waals surface area contributed by atoms with Gasteiger partial charge in [-0.1, -0.05) is 26.7 Å². The molecule has 16 heavy (non-hydrogen) atoms. The minimum Gasteiger partial charge on any atom is -0.392 e. The number of carbonyl (C=O) groups is 1. The number of carbonyl (C=O) groups excluding carboxylic acids is 1. The highest BCUT2D eigenvalue weighted by Gasteiger charge is 2.41. The van der Waals surface area contributed by atoms with Gasteiger partial charge in [0.05, 0.1) is 6.10 Å². The van der Waals surface area contributed by atoms with Crippen molar-refractivity contribution in [1.29, 1.82) is 0 Å². The van der Waals surface area contributed by atoms with Crippen LogP contribution in [0.3, 0.4) is 0 Å². The van der Waals surface area contributed by atoms with Gasteiger partial charge >= 0.3 is 0 Å². The van der Waals surface area contributed by atoms with E-state index in [4.69, 9.17) is 0 Å². The predicted octanol–water partition coefficient (Wildman–Crippen LogP) is 2.09. The second kappa shape index (κ2) is 5.67. The van der Waals surface area contributed by atoms with Crippen molar-refractivity contribution in [2.45, 2.75) is 59.0 Å². The zero-order valence-corrected chi connectivity index (χ0v) is 10.8. The summed E-state index contributed by atoms with van der Waals surface area (Å²) >= 11 is 0. The lowest BCUT2D eigenvalue weighted by Gasteiger charge is -2.29. The molecule has 1 atom stereocenters. The largest absolute Gasteiger partial charge is 0.392 e. The van der Waals surface area contributed by atoms with E-state index in [9.17, 15) is 9.90 Å². The van der Waals surface area contributed by atoms with Crippen molar-refractivity contribution in [2.24, 2.45) is 11.3 Å². The summed E-state index contributed by atoms with van der Waals surface area (Å²) in [5.74, 6) is 0.704. The van der Waals surface area contributed by atoms with E-state index in [0.717, 1.165) is 32.1 Å². The first-order chi connectivity index (χ1) is 7.46. The fourth-order valence-corrected chi connectivity index (χ4v) is 2.79. The molecule has 0 aliphatic heterocycles. The van der Waals surface area contributed by atoms with E-state index in [2.05, 4.69) is 19.2 Å². The van der Waals surface area contributed by atoms with Crippen LogP contribution in [-0.4, -0.2) is 23.7 Å². The molecule has 2 N–H and O–H groups in total. The molecule has 1 saturated carbocycles. The van der Waals surface area contributed by atoms with Gasteiger partial charge in [0.25, 0.3) is 0 Å². The molecule has 1 unspecified atom stereocenters. The van der Waals surface area contributed by atoms with Gasteiger partial charge in [0.2, 0.25) is 5.91 Å². The molecule has 1 rings (SSSR count). The minimum absolute atomic E-state index is 0.150. The Kier molecular flexibility index (Phi) is 4.78. The van der Waals surface area contributed by atoms with Crippen LogP contribution in [0.25, 0.3) is 0 Å². The molecule has 0 radical (unpaired) electrons. The van der Waals surface area contributed by atoms with Gasteiger partial charge in [-0.3, -0.25) is 4.79 Å². The maximum atomic E-state index is 12.2. The second-order valence-electron chi connectivity index (χ2n) is 5.64. The second-order valence-corrected chi connectivity index (χ2v) is 5.64. The number of hydrogen-bond donors (Lipinski definition) is 2. The zero-order chi connectivity index (χ0) is 12.2. The molecule has 0 aromatic rings. The third kappa shape index (κ3) is 3.48. The molecule has 94 valence electrons. The van der Waals surface area contributed by atoms with E-state index < -0.39 is 6.10 Å². The van der Waals surface area contributed by atoms with Crippen LogP contribution >= 0.6 is 0 Å². The van der Waals surface area contributed by atoms with Crippen molar-refractivity contribution in [2.75, 3.05) is 6.54 Å². The van der Waals surface area contributed by atoms with Gasteiger partial charge in [-0.2, -0.15) is 0 Å². The Morgan fingerprint density at radius 1 is 1.31 bits per heavy atom. The number of hydrogen-bond acceptors (Lipinski definition) is 2. The van der Waals surface area contributed by atoms with Gasteiger partial charge in [0.1, 0.15) is 0 Å². The minimum atomic E-state index is -0.457. The topological polar surface area (TPSA) is 49.3 Å². The third-order valence-corrected chi connectivity index (χ3v) is 3.40. The van der Waals surface area contributed by atoms with Crippen molar-refractivity contribution in [3.63, 3.8) is 0 Å². The maximum absolute atomic E-state index is 12.2. The van der Waals surface area contributed by atoms with Gasteiger partial charge in [0, 0.05) is 12.0 Å². The van der Waals surface area contributed by atoms with E-state index >= 15 is 0 Å². The summed E-state index contributed by atoms with van der Waals surface area (Å²) in [7, 11) is 0. The summed E-state index contributed by atoms with van der Waals surface area (Å²) in [4.78, 5) is 12.2. The normalized spacial score (nSPS) is 21.1. The quantitative estimate of drug-likeness (QED) is 0.755. The van der Waals surface area contributed by atoms with Crippen LogP contribution in [0.4, 0.5) is 0 Å². The lowest BCUT2D eigenvalue weighted by Crippen LogP contribution is -2.42. The Balaban J connectivity index is 2.58. The molecule has 0 bridgehead atoms. The van der Waals surface area contributed by atoms with Crippen molar-refractivity contribution in [3.05, 3.63) is 0 Å². The van der Waals surface area contributed by atoms with Gasteiger partial charge < -0.3 is 10.4 Å². The van der Waals surface area contributed by atoms with E-state index in [-0.39, 0.29) is 11.3 Å². The Morgan fingerprint density at radius 3 is 2.31 bits per heavy atom. The molecule has 1 aliphatic carbocycles. The lowest BCUT2D eigenvalue weighted by molar-refractivity contribution is -0.132. The van der Waals surface area contributed by atoms with Gasteiger partial charge in [-0.05, 0) is 32.1 Å². The number of aliphatic hydroxyl groups is 1. The summed E-state index contributed by atoms with van der Waals surface area (Å²) in [6.45, 7) is 6.41. The van der Waals surface area contributed by atoms with E-state index in [0.29, 0.717) is 12.5 Å². The fraction of sp³-hybridized carbons (Fsp3) is 0.923. The smallest absolute Gasteiger partial charge is 0.226 e. The van der Waals surface area contributed by atoms with Gasteiger partial charge in [-0.15, -0.1) is 0 Å². The average molecular weight is 227 g/mol. The molecule has 1 fully saturated rings. The third-order valence-electron chi connectivity index (χ3n) is 3.40. The molecule has 0 aromatic heterocycles. The predicted molar refractivity (Wildman–Crippen MR) is 65.0 cm³/mol. The number of aliphatic hydroxyl groups excluding tert-OH is 1. The first-order valence-corrected chi connectivity index (χ1v) is 6.43. The maximum Gasteiger partial charge on any atom is 0.226 e. The van der Waals surface area contributed by atoms with Crippen molar-refractivity contribution in [3.8, 4) is 0 Å². The van der Waals surface area contributed by atoms with Crippen LogP contribution in [0.1, 0.15) is 52.9 Å². The first kappa shape index (κ1) is 13.5. The van der Waals surface area contributed by atoms with Gasteiger partial charge in [0.15, 0.2) is 0 Å². The van der Waals surface area contributed by atoms with Crippen molar-refractivity contribution in [1.82, 2.24) is 5.32 Å². The Hall–Kier alpha value is -0.570. The SMILES string of the molecule is CC(C)CC1(C(=O)NCC(C)O)CCCC1. The van der Waals surface area contributed by atoms with Gasteiger partial charge in [-0.25, -0.2) is 0 Å². The summed E-state index contributed by atoms with van der Waals surface area (Å²) in [5, 5.41) is 12.1. The van der Waals surface area contributed by atoms with E-state index in [1.165, 1.54) is 0 Å². The molecule has 3 heteroatoms. The highest BCUT2D eigenvalue weighted by Crippen LogP contribution is 2.43. The molecule has 0 heterocycles. The zero-order valence-electron chi connectivity index (χ0n) is 10.8. The van der Waals surface area contributed by atoms with Crippen LogP contribution in [0, 0.1) is 11.3 Å². The van der Waals surface area contributed by atoms with Crippen LogP contribution < -0.4 is 5.32 Å². The highest BCUT2D eigenvalue weighted by molar-refractivity contribution is 5.82. The van der Waals surface area contributed by atoms with Crippen LogP contribution in [0.5, 0.6) is 0 Å². The number of nitrogens with one attached hydrogen (secondary N) is 1. The highest BCUT2D eigenvalue weighted by atomic mass is 16.3. The van der Waals surface area contributed by atoms with Crippen LogP contribution in [0.15, 0.2) is 0 Å². The molecular weight excluding hydrogens is 202 g/mol. The summed E-state index contributed by atoms with van der Waals surface area (Å²) in [5.41, 5.74) is -0.150. The lowest BCUT2D eigenvalue weighted by atomic mass is 9.77. The molecule has 0 spiro atoms. The first-order valence-electron chi connectivity index (χ1n) is 6.43. The summed E-state index contributed by atoms with van der Waals surface area (Å²) < 4.78 is 0. The number of amides is 1. The number of rotatable bonds is 5. The van der Waals surface area contributed by atoms with Crippen LogP contribution in [-0.2, 0) is 4.79 Å².